The van der Waals surface area contributed by atoms with Crippen molar-refractivity contribution < 1.29 is 14.7 Å². The van der Waals surface area contributed by atoms with E-state index in [1.165, 1.54) is 6.07 Å². The van der Waals surface area contributed by atoms with E-state index in [9.17, 15) is 9.59 Å². The first kappa shape index (κ1) is 13.4. The highest BCUT2D eigenvalue weighted by molar-refractivity contribution is 6.00. The van der Waals surface area contributed by atoms with Crippen LogP contribution in [0.3, 0.4) is 0 Å². The number of carbonyl (C=O) groups is 2. The van der Waals surface area contributed by atoms with Crippen LogP contribution in [0.15, 0.2) is 24.3 Å². The lowest BCUT2D eigenvalue weighted by atomic mass is 10.0. The minimum absolute atomic E-state index is 0.104. The Hall–Kier alpha value is -2.04. The Labute approximate surface area is 112 Å². The average Bonchev–Trinajstić information content (AvgIpc) is 2.69. The average molecular weight is 262 g/mol. The quantitative estimate of drug-likeness (QED) is 0.861. The van der Waals surface area contributed by atoms with Gasteiger partial charge in [-0.05, 0) is 38.8 Å². The summed E-state index contributed by atoms with van der Waals surface area (Å²) in [5, 5.41) is 11.8. The molecule has 1 aliphatic rings. The molecule has 0 bridgehead atoms. The second kappa shape index (κ2) is 4.91. The summed E-state index contributed by atoms with van der Waals surface area (Å²) >= 11 is 0. The predicted octanol–water partition coefficient (Wildman–Crippen LogP) is 2.79. The fourth-order valence-electron chi connectivity index (χ4n) is 2.45. The molecule has 102 valence electrons. The zero-order chi connectivity index (χ0) is 14.0. The van der Waals surface area contributed by atoms with Gasteiger partial charge in [-0.2, -0.15) is 0 Å². The van der Waals surface area contributed by atoms with Gasteiger partial charge in [-0.1, -0.05) is 12.1 Å². The van der Waals surface area contributed by atoms with Crippen LogP contribution in [0.25, 0.3) is 0 Å². The SMILES string of the molecule is CC1(C)CCCN1C(=O)Nc1ccccc1C(=O)O. The normalized spacial score (nSPS) is 17.3. The maximum absolute atomic E-state index is 12.2. The van der Waals surface area contributed by atoms with E-state index in [0.717, 1.165) is 12.8 Å². The smallest absolute Gasteiger partial charge is 0.337 e. The highest BCUT2D eigenvalue weighted by Crippen LogP contribution is 2.29. The first-order valence-electron chi connectivity index (χ1n) is 6.33. The van der Waals surface area contributed by atoms with E-state index in [4.69, 9.17) is 5.11 Å². The number of carbonyl (C=O) groups excluding carboxylic acids is 1. The second-order valence-electron chi connectivity index (χ2n) is 5.35. The molecule has 1 aromatic rings. The number of benzene rings is 1. The van der Waals surface area contributed by atoms with Crippen LogP contribution in [-0.4, -0.2) is 34.1 Å². The van der Waals surface area contributed by atoms with Gasteiger partial charge in [0.1, 0.15) is 0 Å². The van der Waals surface area contributed by atoms with Crippen LogP contribution in [0.4, 0.5) is 10.5 Å². The van der Waals surface area contributed by atoms with Crippen molar-refractivity contribution in [1.29, 1.82) is 0 Å². The lowest BCUT2D eigenvalue weighted by Crippen LogP contribution is -2.45. The summed E-state index contributed by atoms with van der Waals surface area (Å²) in [7, 11) is 0. The molecule has 0 aromatic heterocycles. The van der Waals surface area contributed by atoms with Crippen molar-refractivity contribution in [2.45, 2.75) is 32.2 Å². The van der Waals surface area contributed by atoms with E-state index >= 15 is 0 Å². The molecule has 2 N–H and O–H groups in total. The lowest BCUT2D eigenvalue weighted by Gasteiger charge is -2.31. The fourth-order valence-corrected chi connectivity index (χ4v) is 2.45. The summed E-state index contributed by atoms with van der Waals surface area (Å²) in [4.78, 5) is 25.1. The topological polar surface area (TPSA) is 69.6 Å². The summed E-state index contributed by atoms with van der Waals surface area (Å²) in [6, 6.07) is 6.18. The Kier molecular flexibility index (Phi) is 3.46. The van der Waals surface area contributed by atoms with Crippen molar-refractivity contribution in [1.82, 2.24) is 4.90 Å². The number of para-hydroxylation sites is 1. The Morgan fingerprint density at radius 3 is 2.58 bits per heavy atom. The van der Waals surface area contributed by atoms with Crippen molar-refractivity contribution >= 4 is 17.7 Å². The number of carboxylic acids is 1. The molecular formula is C14H18N2O3. The van der Waals surface area contributed by atoms with E-state index < -0.39 is 5.97 Å². The fraction of sp³-hybridized carbons (Fsp3) is 0.429. The van der Waals surface area contributed by atoms with Gasteiger partial charge in [0.05, 0.1) is 11.3 Å². The Morgan fingerprint density at radius 1 is 1.32 bits per heavy atom. The second-order valence-corrected chi connectivity index (χ2v) is 5.35. The third kappa shape index (κ3) is 2.70. The number of urea groups is 1. The van der Waals surface area contributed by atoms with Gasteiger partial charge in [-0.15, -0.1) is 0 Å². The number of likely N-dealkylation sites (tertiary alicyclic amines) is 1. The van der Waals surface area contributed by atoms with Crippen LogP contribution in [0.1, 0.15) is 37.0 Å². The van der Waals surface area contributed by atoms with Gasteiger partial charge in [-0.25, -0.2) is 9.59 Å². The van der Waals surface area contributed by atoms with Crippen molar-refractivity contribution in [2.75, 3.05) is 11.9 Å². The number of carboxylic acid groups (broad SMARTS) is 1. The maximum Gasteiger partial charge on any atom is 0.337 e. The molecule has 0 unspecified atom stereocenters. The van der Waals surface area contributed by atoms with Gasteiger partial charge in [0, 0.05) is 12.1 Å². The zero-order valence-electron chi connectivity index (χ0n) is 11.1. The largest absolute Gasteiger partial charge is 0.478 e. The van der Waals surface area contributed by atoms with E-state index in [-0.39, 0.29) is 17.1 Å². The monoisotopic (exact) mass is 262 g/mol. The van der Waals surface area contributed by atoms with Crippen molar-refractivity contribution in [2.24, 2.45) is 0 Å². The van der Waals surface area contributed by atoms with Crippen molar-refractivity contribution in [3.8, 4) is 0 Å². The van der Waals surface area contributed by atoms with E-state index in [0.29, 0.717) is 12.2 Å². The molecule has 1 aromatic carbocycles. The van der Waals surface area contributed by atoms with Crippen LogP contribution >= 0.6 is 0 Å². The molecule has 0 atom stereocenters. The molecule has 2 amide bonds. The number of nitrogens with zero attached hydrogens (tertiary/aromatic N) is 1. The molecule has 19 heavy (non-hydrogen) atoms. The third-order valence-electron chi connectivity index (χ3n) is 3.55. The molecule has 5 heteroatoms. The Balaban J connectivity index is 2.18. The van der Waals surface area contributed by atoms with Crippen molar-refractivity contribution in [3.63, 3.8) is 0 Å². The molecule has 0 aliphatic carbocycles. The number of amides is 2. The summed E-state index contributed by atoms with van der Waals surface area (Å²) in [6.07, 6.45) is 1.93. The lowest BCUT2D eigenvalue weighted by molar-refractivity contribution is 0.0698. The Morgan fingerprint density at radius 2 is 2.00 bits per heavy atom. The molecule has 1 heterocycles. The number of anilines is 1. The van der Waals surface area contributed by atoms with Gasteiger partial charge < -0.3 is 15.3 Å². The zero-order valence-corrected chi connectivity index (χ0v) is 11.1. The third-order valence-corrected chi connectivity index (χ3v) is 3.55. The van der Waals surface area contributed by atoms with Gasteiger partial charge >= 0.3 is 12.0 Å². The van der Waals surface area contributed by atoms with E-state index in [1.807, 2.05) is 13.8 Å². The highest BCUT2D eigenvalue weighted by Gasteiger charge is 2.35. The van der Waals surface area contributed by atoms with Crippen LogP contribution in [0.2, 0.25) is 0 Å². The van der Waals surface area contributed by atoms with Crippen LogP contribution < -0.4 is 5.32 Å². The number of hydrogen-bond donors (Lipinski definition) is 2. The number of hydrogen-bond acceptors (Lipinski definition) is 2. The summed E-state index contributed by atoms with van der Waals surface area (Å²) < 4.78 is 0. The molecule has 5 nitrogen and oxygen atoms in total. The maximum atomic E-state index is 12.2. The first-order chi connectivity index (χ1) is 8.92. The molecule has 1 aliphatic heterocycles. The van der Waals surface area contributed by atoms with Gasteiger partial charge in [0.15, 0.2) is 0 Å². The molecule has 0 saturated carbocycles. The minimum atomic E-state index is -1.04. The van der Waals surface area contributed by atoms with Gasteiger partial charge in [0.2, 0.25) is 0 Å². The molecular weight excluding hydrogens is 244 g/mol. The number of rotatable bonds is 2. The number of nitrogens with one attached hydrogen (secondary N) is 1. The van der Waals surface area contributed by atoms with Crippen LogP contribution in [-0.2, 0) is 0 Å². The predicted molar refractivity (Wildman–Crippen MR) is 72.4 cm³/mol. The van der Waals surface area contributed by atoms with Crippen LogP contribution in [0, 0.1) is 0 Å². The molecule has 2 rings (SSSR count). The molecule has 0 radical (unpaired) electrons. The van der Waals surface area contributed by atoms with Crippen LogP contribution in [0.5, 0.6) is 0 Å². The van der Waals surface area contributed by atoms with E-state index in [2.05, 4.69) is 5.32 Å². The summed E-state index contributed by atoms with van der Waals surface area (Å²) in [6.45, 7) is 4.74. The Bertz CT molecular complexity index is 511. The van der Waals surface area contributed by atoms with Crippen molar-refractivity contribution in [3.05, 3.63) is 29.8 Å². The van der Waals surface area contributed by atoms with Gasteiger partial charge in [-0.3, -0.25) is 0 Å². The first-order valence-corrected chi connectivity index (χ1v) is 6.33. The van der Waals surface area contributed by atoms with Gasteiger partial charge in [0.25, 0.3) is 0 Å². The highest BCUT2D eigenvalue weighted by atomic mass is 16.4. The standard InChI is InChI=1S/C14H18N2O3/c1-14(2)8-5-9-16(14)13(19)15-11-7-4-3-6-10(11)12(17)18/h3-4,6-7H,5,8-9H2,1-2H3,(H,15,19)(H,17,18). The molecule has 0 spiro atoms. The van der Waals surface area contributed by atoms with E-state index in [1.54, 1.807) is 23.1 Å². The number of aromatic carboxylic acids is 1. The summed E-state index contributed by atoms with van der Waals surface area (Å²) in [5.74, 6) is -1.04. The molecule has 1 saturated heterocycles. The summed E-state index contributed by atoms with van der Waals surface area (Å²) in [5.41, 5.74) is 0.262. The minimum Gasteiger partial charge on any atom is -0.478 e. The molecule has 1 fully saturated rings.